The first-order valence-electron chi connectivity index (χ1n) is 12.6. The number of aromatic nitrogens is 2. The Bertz CT molecular complexity index is 1180. The van der Waals surface area contributed by atoms with Crippen molar-refractivity contribution in [1.29, 1.82) is 0 Å². The first kappa shape index (κ1) is 23.8. The summed E-state index contributed by atoms with van der Waals surface area (Å²) in [5.74, 6) is 0.295. The molecule has 0 atom stereocenters. The van der Waals surface area contributed by atoms with Crippen molar-refractivity contribution in [3.63, 3.8) is 0 Å². The average Bonchev–Trinajstić information content (AvgIpc) is 3.65. The van der Waals surface area contributed by atoms with Crippen LogP contribution in [0.2, 0.25) is 25.7 Å². The summed E-state index contributed by atoms with van der Waals surface area (Å²) in [6, 6.07) is 22.5. The fraction of sp³-hybridized carbons (Fsp3) is 0.379. The number of allylic oxidation sites excluding steroid dienone is 1. The van der Waals surface area contributed by atoms with Gasteiger partial charge in [0.05, 0.1) is 5.69 Å². The summed E-state index contributed by atoms with van der Waals surface area (Å²) < 4.78 is 8.16. The Hall–Kier alpha value is -2.96. The van der Waals surface area contributed by atoms with Crippen molar-refractivity contribution in [3.05, 3.63) is 94.8 Å². The van der Waals surface area contributed by atoms with Crippen LogP contribution in [0.1, 0.15) is 40.9 Å². The van der Waals surface area contributed by atoms with Crippen molar-refractivity contribution < 1.29 is 9.94 Å². The zero-order valence-electron chi connectivity index (χ0n) is 20.9. The van der Waals surface area contributed by atoms with E-state index in [4.69, 9.17) is 9.84 Å². The molecule has 5 nitrogen and oxygen atoms in total. The Labute approximate surface area is 209 Å². The van der Waals surface area contributed by atoms with Gasteiger partial charge in [-0.3, -0.25) is 0 Å². The minimum atomic E-state index is -1.18. The van der Waals surface area contributed by atoms with Crippen LogP contribution < -0.4 is 0 Å². The van der Waals surface area contributed by atoms with Crippen molar-refractivity contribution in [2.24, 2.45) is 11.1 Å². The van der Waals surface area contributed by atoms with E-state index in [0.717, 1.165) is 48.9 Å². The number of fused-ring (bicyclic) bond motifs is 1. The zero-order valence-corrected chi connectivity index (χ0v) is 21.9. The molecule has 0 aliphatic heterocycles. The molecule has 0 radical (unpaired) electrons. The monoisotopic (exact) mass is 485 g/mol. The molecule has 1 N–H and O–H groups in total. The Morgan fingerprint density at radius 3 is 2.23 bits per heavy atom. The van der Waals surface area contributed by atoms with Crippen molar-refractivity contribution in [3.8, 4) is 0 Å². The smallest absolute Gasteiger partial charge is 0.139 e. The van der Waals surface area contributed by atoms with Crippen LogP contribution in [0.3, 0.4) is 0 Å². The summed E-state index contributed by atoms with van der Waals surface area (Å²) in [7, 11) is -1.18. The quantitative estimate of drug-likeness (QED) is 0.126. The SMILES string of the molecule is C[Si](C)(C)CCOCn1nc(/C(=N/O)C2CC2)c2c1CC(c1ccccc1)(c1ccccc1)C=C2. The van der Waals surface area contributed by atoms with Gasteiger partial charge in [-0.15, -0.1) is 0 Å². The van der Waals surface area contributed by atoms with Gasteiger partial charge in [0, 0.05) is 38.0 Å². The average molecular weight is 486 g/mol. The minimum absolute atomic E-state index is 0.295. The molecule has 0 bridgehead atoms. The Morgan fingerprint density at radius 1 is 1.06 bits per heavy atom. The molecule has 1 aromatic heterocycles. The molecular formula is C29H35N3O2Si. The number of rotatable bonds is 9. The van der Waals surface area contributed by atoms with Crippen LogP contribution in [-0.2, 0) is 23.3 Å². The second-order valence-electron chi connectivity index (χ2n) is 11.0. The molecule has 0 unspecified atom stereocenters. The summed E-state index contributed by atoms with van der Waals surface area (Å²) in [4.78, 5) is 0. The van der Waals surface area contributed by atoms with Gasteiger partial charge in [-0.2, -0.15) is 5.10 Å². The maximum atomic E-state index is 9.85. The van der Waals surface area contributed by atoms with E-state index in [1.807, 2.05) is 4.68 Å². The van der Waals surface area contributed by atoms with Crippen molar-refractivity contribution >= 4 is 19.9 Å². The van der Waals surface area contributed by atoms with Crippen molar-refractivity contribution in [2.75, 3.05) is 6.61 Å². The summed E-state index contributed by atoms with van der Waals surface area (Å²) >= 11 is 0. The van der Waals surface area contributed by atoms with E-state index < -0.39 is 8.07 Å². The predicted octanol–water partition coefficient (Wildman–Crippen LogP) is 6.34. The summed E-state index contributed by atoms with van der Waals surface area (Å²) in [6.45, 7) is 8.24. The lowest BCUT2D eigenvalue weighted by molar-refractivity contribution is 0.0760. The zero-order chi connectivity index (χ0) is 24.5. The molecule has 35 heavy (non-hydrogen) atoms. The lowest BCUT2D eigenvalue weighted by Gasteiger charge is -2.35. The maximum absolute atomic E-state index is 9.85. The van der Waals surface area contributed by atoms with Crippen LogP contribution in [0.4, 0.5) is 0 Å². The molecule has 0 saturated heterocycles. The Kier molecular flexibility index (Phi) is 6.51. The third kappa shape index (κ3) is 4.91. The van der Waals surface area contributed by atoms with Gasteiger partial charge < -0.3 is 9.94 Å². The van der Waals surface area contributed by atoms with Crippen LogP contribution in [0.25, 0.3) is 6.08 Å². The molecule has 0 amide bonds. The molecule has 2 aliphatic carbocycles. The van der Waals surface area contributed by atoms with Gasteiger partial charge in [0.15, 0.2) is 0 Å². The molecule has 2 aliphatic rings. The van der Waals surface area contributed by atoms with Gasteiger partial charge in [0.25, 0.3) is 0 Å². The molecule has 1 fully saturated rings. The van der Waals surface area contributed by atoms with E-state index in [0.29, 0.717) is 18.4 Å². The highest BCUT2D eigenvalue weighted by Crippen LogP contribution is 2.43. The summed E-state index contributed by atoms with van der Waals surface area (Å²) in [5, 5.41) is 18.5. The highest BCUT2D eigenvalue weighted by atomic mass is 28.3. The largest absolute Gasteiger partial charge is 0.411 e. The molecule has 6 heteroatoms. The topological polar surface area (TPSA) is 59.6 Å². The summed E-state index contributed by atoms with van der Waals surface area (Å²) in [5.41, 5.74) is 5.88. The number of benzene rings is 2. The number of hydrogen-bond donors (Lipinski definition) is 1. The fourth-order valence-electron chi connectivity index (χ4n) is 4.96. The van der Waals surface area contributed by atoms with Gasteiger partial charge >= 0.3 is 0 Å². The third-order valence-electron chi connectivity index (χ3n) is 7.18. The van der Waals surface area contributed by atoms with Gasteiger partial charge in [0.1, 0.15) is 18.1 Å². The van der Waals surface area contributed by atoms with E-state index in [1.54, 1.807) is 0 Å². The first-order chi connectivity index (χ1) is 16.9. The molecule has 182 valence electrons. The molecule has 5 rings (SSSR count). The standard InChI is InChI=1S/C29H35N3O2Si/c1-35(2,3)19-18-34-21-32-26-20-29(23-10-6-4-7-11-23,24-12-8-5-9-13-24)17-16-25(26)28(30-32)27(31-33)22-14-15-22/h4-13,16-17,22,33H,14-15,18-21H2,1-3H3/b31-27+. The summed E-state index contributed by atoms with van der Waals surface area (Å²) in [6.07, 6.45) is 7.36. The fourth-order valence-corrected chi connectivity index (χ4v) is 5.72. The van der Waals surface area contributed by atoms with Crippen LogP contribution in [0.5, 0.6) is 0 Å². The third-order valence-corrected chi connectivity index (χ3v) is 8.89. The van der Waals surface area contributed by atoms with Crippen molar-refractivity contribution in [1.82, 2.24) is 9.78 Å². The molecular weight excluding hydrogens is 450 g/mol. The number of ether oxygens (including phenoxy) is 1. The van der Waals surface area contributed by atoms with E-state index in [2.05, 4.69) is 97.6 Å². The Morgan fingerprint density at radius 2 is 1.69 bits per heavy atom. The van der Waals surface area contributed by atoms with E-state index in [9.17, 15) is 5.21 Å². The van der Waals surface area contributed by atoms with Gasteiger partial charge in [-0.05, 0) is 30.0 Å². The highest BCUT2D eigenvalue weighted by molar-refractivity contribution is 6.76. The highest BCUT2D eigenvalue weighted by Gasteiger charge is 2.40. The van der Waals surface area contributed by atoms with Gasteiger partial charge in [-0.1, -0.05) is 97.6 Å². The maximum Gasteiger partial charge on any atom is 0.139 e. The second-order valence-corrected chi connectivity index (χ2v) is 16.7. The minimum Gasteiger partial charge on any atom is -0.411 e. The van der Waals surface area contributed by atoms with Crippen LogP contribution in [0, 0.1) is 5.92 Å². The van der Waals surface area contributed by atoms with E-state index >= 15 is 0 Å². The normalized spacial score (nSPS) is 17.4. The lowest BCUT2D eigenvalue weighted by Crippen LogP contribution is -2.32. The van der Waals surface area contributed by atoms with Gasteiger partial charge in [-0.25, -0.2) is 4.68 Å². The van der Waals surface area contributed by atoms with Crippen molar-refractivity contribution in [2.45, 2.75) is 57.1 Å². The molecule has 3 aromatic rings. The van der Waals surface area contributed by atoms with Crippen LogP contribution in [0.15, 0.2) is 71.9 Å². The van der Waals surface area contributed by atoms with E-state index in [-0.39, 0.29) is 5.41 Å². The first-order valence-corrected chi connectivity index (χ1v) is 16.3. The lowest BCUT2D eigenvalue weighted by atomic mass is 9.68. The number of hydrogen-bond acceptors (Lipinski definition) is 4. The number of oxime groups is 1. The number of nitrogens with zero attached hydrogens (tertiary/aromatic N) is 3. The molecule has 0 spiro atoms. The molecule has 2 aromatic carbocycles. The Balaban J connectivity index is 1.57. The molecule has 1 heterocycles. The second kappa shape index (κ2) is 9.59. The van der Waals surface area contributed by atoms with E-state index in [1.165, 1.54) is 11.1 Å². The van der Waals surface area contributed by atoms with Gasteiger partial charge in [0.2, 0.25) is 0 Å². The molecule has 1 saturated carbocycles. The van der Waals surface area contributed by atoms with Crippen LogP contribution in [-0.4, -0.2) is 35.4 Å². The predicted molar refractivity (Wildman–Crippen MR) is 144 cm³/mol. The van der Waals surface area contributed by atoms with Crippen LogP contribution >= 0.6 is 0 Å².